The van der Waals surface area contributed by atoms with Gasteiger partial charge in [0.1, 0.15) is 4.90 Å². The Bertz CT molecular complexity index is 532. The molecule has 106 valence electrons. The number of rotatable bonds is 4. The highest BCUT2D eigenvalue weighted by Crippen LogP contribution is 2.25. The highest BCUT2D eigenvalue weighted by atomic mass is 35.5. The molecule has 0 bridgehead atoms. The molecule has 0 aromatic heterocycles. The predicted octanol–water partition coefficient (Wildman–Crippen LogP) is 2.17. The van der Waals surface area contributed by atoms with Crippen LogP contribution >= 0.6 is 11.6 Å². The van der Waals surface area contributed by atoms with Crippen molar-refractivity contribution in [2.75, 3.05) is 6.54 Å². The smallest absolute Gasteiger partial charge is 0.242 e. The summed E-state index contributed by atoms with van der Waals surface area (Å²) in [5.74, 6) is -0.00832. The van der Waals surface area contributed by atoms with E-state index >= 15 is 0 Å². The maximum atomic E-state index is 12.1. The first-order valence-electron chi connectivity index (χ1n) is 6.43. The summed E-state index contributed by atoms with van der Waals surface area (Å²) in [5.41, 5.74) is 0. The maximum absolute atomic E-state index is 12.1. The minimum atomic E-state index is -3.61. The summed E-state index contributed by atoms with van der Waals surface area (Å²) in [6.45, 7) is 0.259. The summed E-state index contributed by atoms with van der Waals surface area (Å²) >= 11 is 5.89. The van der Waals surface area contributed by atoms with Crippen LogP contribution in [0, 0.1) is 5.92 Å². The Balaban J connectivity index is 2.04. The van der Waals surface area contributed by atoms with E-state index in [0.29, 0.717) is 0 Å². The lowest BCUT2D eigenvalue weighted by Gasteiger charge is -2.27. The Morgan fingerprint density at radius 1 is 1.26 bits per heavy atom. The molecule has 1 aromatic rings. The van der Waals surface area contributed by atoms with Crippen molar-refractivity contribution in [3.05, 3.63) is 29.3 Å². The topological polar surface area (TPSA) is 66.4 Å². The average Bonchev–Trinajstić information content (AvgIpc) is 2.38. The molecule has 2 atom stereocenters. The van der Waals surface area contributed by atoms with E-state index in [2.05, 4.69) is 4.72 Å². The number of halogens is 1. The van der Waals surface area contributed by atoms with E-state index in [9.17, 15) is 13.5 Å². The van der Waals surface area contributed by atoms with Crippen LogP contribution in [0.3, 0.4) is 0 Å². The van der Waals surface area contributed by atoms with Crippen molar-refractivity contribution in [2.24, 2.45) is 5.92 Å². The Labute approximate surface area is 118 Å². The lowest BCUT2D eigenvalue weighted by atomic mass is 9.87. The second kappa shape index (κ2) is 6.22. The Morgan fingerprint density at radius 3 is 2.63 bits per heavy atom. The Morgan fingerprint density at radius 2 is 1.95 bits per heavy atom. The number of aliphatic hydroxyl groups is 1. The molecule has 2 rings (SSSR count). The summed E-state index contributed by atoms with van der Waals surface area (Å²) in [4.78, 5) is 0.0852. The summed E-state index contributed by atoms with van der Waals surface area (Å²) in [6, 6.07) is 6.34. The van der Waals surface area contributed by atoms with Crippen LogP contribution in [0.5, 0.6) is 0 Å². The van der Waals surface area contributed by atoms with Gasteiger partial charge in [-0.05, 0) is 30.9 Å². The molecule has 1 aliphatic carbocycles. The molecule has 19 heavy (non-hydrogen) atoms. The monoisotopic (exact) mass is 303 g/mol. The first kappa shape index (κ1) is 14.8. The third-order valence-corrected chi connectivity index (χ3v) is 5.45. The van der Waals surface area contributed by atoms with Gasteiger partial charge in [0.2, 0.25) is 10.0 Å². The van der Waals surface area contributed by atoms with Gasteiger partial charge < -0.3 is 5.11 Å². The molecule has 1 saturated carbocycles. The normalized spacial score (nSPS) is 24.3. The van der Waals surface area contributed by atoms with Gasteiger partial charge in [-0.15, -0.1) is 0 Å². The molecule has 0 amide bonds. The maximum Gasteiger partial charge on any atom is 0.242 e. The molecule has 0 aliphatic heterocycles. The van der Waals surface area contributed by atoms with Crippen LogP contribution in [-0.2, 0) is 10.0 Å². The molecule has 6 heteroatoms. The van der Waals surface area contributed by atoms with Crippen LogP contribution in [0.25, 0.3) is 0 Å². The van der Waals surface area contributed by atoms with E-state index < -0.39 is 16.1 Å². The fraction of sp³-hybridized carbons (Fsp3) is 0.538. The van der Waals surface area contributed by atoms with E-state index in [-0.39, 0.29) is 22.4 Å². The van der Waals surface area contributed by atoms with E-state index in [0.717, 1.165) is 25.7 Å². The van der Waals surface area contributed by atoms with Crippen molar-refractivity contribution in [3.8, 4) is 0 Å². The number of nitrogens with one attached hydrogen (secondary N) is 1. The van der Waals surface area contributed by atoms with E-state index in [1.165, 1.54) is 6.07 Å². The summed E-state index contributed by atoms with van der Waals surface area (Å²) in [5, 5.41) is 10.0. The highest BCUT2D eigenvalue weighted by Gasteiger charge is 2.25. The van der Waals surface area contributed by atoms with Gasteiger partial charge in [0.15, 0.2) is 0 Å². The molecule has 0 spiro atoms. The van der Waals surface area contributed by atoms with Crippen molar-refractivity contribution in [1.29, 1.82) is 0 Å². The molecular weight excluding hydrogens is 286 g/mol. The first-order valence-corrected chi connectivity index (χ1v) is 8.29. The van der Waals surface area contributed by atoms with Crippen LogP contribution in [0.1, 0.15) is 25.7 Å². The van der Waals surface area contributed by atoms with Crippen molar-refractivity contribution in [3.63, 3.8) is 0 Å². The molecule has 1 aliphatic rings. The Hall–Kier alpha value is -0.620. The number of aliphatic hydroxyl groups excluding tert-OH is 1. The molecule has 4 nitrogen and oxygen atoms in total. The molecule has 2 N–H and O–H groups in total. The lowest BCUT2D eigenvalue weighted by molar-refractivity contribution is 0.0724. The van der Waals surface area contributed by atoms with Gasteiger partial charge in [0.05, 0.1) is 11.1 Å². The second-order valence-electron chi connectivity index (χ2n) is 4.89. The largest absolute Gasteiger partial charge is 0.393 e. The lowest BCUT2D eigenvalue weighted by Crippen LogP contribution is -2.36. The molecule has 0 saturated heterocycles. The van der Waals surface area contributed by atoms with E-state index in [4.69, 9.17) is 11.6 Å². The van der Waals surface area contributed by atoms with Gasteiger partial charge in [-0.2, -0.15) is 0 Å². The van der Waals surface area contributed by atoms with Crippen LogP contribution in [0.4, 0.5) is 0 Å². The zero-order chi connectivity index (χ0) is 13.9. The summed E-state index contributed by atoms with van der Waals surface area (Å²) in [6.07, 6.45) is 3.23. The van der Waals surface area contributed by atoms with Gasteiger partial charge in [0, 0.05) is 6.54 Å². The van der Waals surface area contributed by atoms with Crippen molar-refractivity contribution >= 4 is 21.6 Å². The third kappa shape index (κ3) is 3.69. The van der Waals surface area contributed by atoms with Gasteiger partial charge in [-0.1, -0.05) is 36.6 Å². The highest BCUT2D eigenvalue weighted by molar-refractivity contribution is 7.89. The van der Waals surface area contributed by atoms with Crippen LogP contribution in [0.2, 0.25) is 5.02 Å². The quantitative estimate of drug-likeness (QED) is 0.896. The zero-order valence-electron chi connectivity index (χ0n) is 10.5. The standard InChI is InChI=1S/C13H18ClNO3S/c14-11-6-2-4-8-13(11)19(17,18)15-9-10-5-1-3-7-12(10)16/h2,4,6,8,10,12,15-16H,1,3,5,7,9H2. The molecule has 2 unspecified atom stereocenters. The van der Waals surface area contributed by atoms with Crippen LogP contribution < -0.4 is 4.72 Å². The Kier molecular flexibility index (Phi) is 4.84. The minimum Gasteiger partial charge on any atom is -0.393 e. The zero-order valence-corrected chi connectivity index (χ0v) is 12.1. The van der Waals surface area contributed by atoms with E-state index in [1.54, 1.807) is 18.2 Å². The number of benzene rings is 1. The fourth-order valence-electron chi connectivity index (χ4n) is 2.38. The first-order chi connectivity index (χ1) is 9.00. The van der Waals surface area contributed by atoms with Crippen molar-refractivity contribution < 1.29 is 13.5 Å². The number of sulfonamides is 1. The van der Waals surface area contributed by atoms with Crippen LogP contribution in [-0.4, -0.2) is 26.2 Å². The summed E-state index contributed by atoms with van der Waals surface area (Å²) < 4.78 is 26.8. The number of hydrogen-bond acceptors (Lipinski definition) is 3. The molecule has 0 radical (unpaired) electrons. The van der Waals surface area contributed by atoms with Crippen molar-refractivity contribution in [1.82, 2.24) is 4.72 Å². The average molecular weight is 304 g/mol. The fourth-order valence-corrected chi connectivity index (χ4v) is 4.00. The third-order valence-electron chi connectivity index (χ3n) is 3.53. The molecule has 1 aromatic carbocycles. The molecule has 1 fully saturated rings. The second-order valence-corrected chi connectivity index (χ2v) is 7.04. The summed E-state index contributed by atoms with van der Waals surface area (Å²) in [7, 11) is -3.61. The van der Waals surface area contributed by atoms with Gasteiger partial charge in [-0.3, -0.25) is 0 Å². The predicted molar refractivity (Wildman–Crippen MR) is 74.6 cm³/mol. The SMILES string of the molecule is O=S(=O)(NCC1CCCCC1O)c1ccccc1Cl. The molecule has 0 heterocycles. The van der Waals surface area contributed by atoms with Crippen LogP contribution in [0.15, 0.2) is 29.2 Å². The van der Waals surface area contributed by atoms with Gasteiger partial charge in [0.25, 0.3) is 0 Å². The van der Waals surface area contributed by atoms with Gasteiger partial charge >= 0.3 is 0 Å². The number of hydrogen-bond donors (Lipinski definition) is 2. The van der Waals surface area contributed by atoms with E-state index in [1.807, 2.05) is 0 Å². The molecular formula is C13H18ClNO3S. The minimum absolute atomic E-state index is 0.00832. The van der Waals surface area contributed by atoms with Crippen molar-refractivity contribution in [2.45, 2.75) is 36.7 Å². The van der Waals surface area contributed by atoms with Gasteiger partial charge in [-0.25, -0.2) is 13.1 Å².